The molecule has 0 saturated carbocycles. The van der Waals surface area contributed by atoms with Crippen molar-refractivity contribution in [3.63, 3.8) is 0 Å². The molecule has 0 unspecified atom stereocenters. The number of fused-ring (bicyclic) bond motifs is 3. The molecule has 0 amide bonds. The topological polar surface area (TPSA) is 34.1 Å². The second-order valence-electron chi connectivity index (χ2n) is 7.67. The van der Waals surface area contributed by atoms with Crippen LogP contribution in [0, 0.1) is 6.92 Å². The number of halogens is 1. The van der Waals surface area contributed by atoms with E-state index in [-0.39, 0.29) is 12.3 Å². The molecule has 4 nitrogen and oxygen atoms in total. The smallest absolute Gasteiger partial charge is 0.213 e. The largest absolute Gasteiger partial charge is 0.494 e. The van der Waals surface area contributed by atoms with Crippen LogP contribution in [0.2, 0.25) is 0 Å². The first-order valence-electron chi connectivity index (χ1n) is 10.2. The molecule has 0 spiro atoms. The van der Waals surface area contributed by atoms with Crippen LogP contribution >= 0.6 is 15.9 Å². The average molecular weight is 463 g/mol. The van der Waals surface area contributed by atoms with Crippen LogP contribution in [0.4, 0.5) is 0 Å². The number of benzene rings is 3. The molecule has 2 atom stereocenters. The van der Waals surface area contributed by atoms with Crippen LogP contribution in [0.25, 0.3) is 0 Å². The van der Waals surface area contributed by atoms with Gasteiger partial charge in [0.25, 0.3) is 0 Å². The molecule has 3 aromatic rings. The predicted molar refractivity (Wildman–Crippen MR) is 122 cm³/mol. The summed E-state index contributed by atoms with van der Waals surface area (Å²) in [6, 6.07) is 23.1. The Morgan fingerprint density at radius 2 is 1.83 bits per heavy atom. The van der Waals surface area contributed by atoms with Gasteiger partial charge in [-0.05, 0) is 61.9 Å². The summed E-state index contributed by atoms with van der Waals surface area (Å²) in [5, 5.41) is 7.15. The minimum Gasteiger partial charge on any atom is -0.494 e. The van der Waals surface area contributed by atoms with Gasteiger partial charge < -0.3 is 9.47 Å². The van der Waals surface area contributed by atoms with Crippen LogP contribution in [0.1, 0.15) is 47.9 Å². The van der Waals surface area contributed by atoms with Crippen molar-refractivity contribution in [3.05, 3.63) is 93.5 Å². The Bertz CT molecular complexity index is 1090. The number of hydrazone groups is 1. The monoisotopic (exact) mass is 462 g/mol. The van der Waals surface area contributed by atoms with Crippen LogP contribution in [0.15, 0.2) is 76.3 Å². The molecule has 0 fully saturated rings. The van der Waals surface area contributed by atoms with Crippen molar-refractivity contribution in [1.82, 2.24) is 5.01 Å². The van der Waals surface area contributed by atoms with Crippen LogP contribution in [0.5, 0.6) is 11.5 Å². The first-order valence-corrected chi connectivity index (χ1v) is 11.0. The molecule has 0 aromatic heterocycles. The molecule has 2 aliphatic heterocycles. The third-order valence-electron chi connectivity index (χ3n) is 5.61. The van der Waals surface area contributed by atoms with Gasteiger partial charge in [-0.25, -0.2) is 5.01 Å². The van der Waals surface area contributed by atoms with Gasteiger partial charge in [0, 0.05) is 22.0 Å². The lowest BCUT2D eigenvalue weighted by Crippen LogP contribution is -2.33. The third kappa shape index (κ3) is 3.47. The van der Waals surface area contributed by atoms with Crippen LogP contribution in [0.3, 0.4) is 0 Å². The fraction of sp³-hybridized carbons (Fsp3) is 0.240. The number of aryl methyl sites for hydroxylation is 1. The maximum Gasteiger partial charge on any atom is 0.213 e. The van der Waals surface area contributed by atoms with E-state index in [9.17, 15) is 0 Å². The van der Waals surface area contributed by atoms with Gasteiger partial charge in [0.2, 0.25) is 6.23 Å². The zero-order valence-electron chi connectivity index (χ0n) is 17.0. The highest BCUT2D eigenvalue weighted by atomic mass is 79.9. The third-order valence-corrected chi connectivity index (χ3v) is 6.11. The summed E-state index contributed by atoms with van der Waals surface area (Å²) in [5.41, 5.74) is 5.69. The molecule has 0 N–H and O–H groups in total. The second kappa shape index (κ2) is 7.80. The first kappa shape index (κ1) is 19.2. The summed E-state index contributed by atoms with van der Waals surface area (Å²) in [5.74, 6) is 1.81. The summed E-state index contributed by atoms with van der Waals surface area (Å²) < 4.78 is 13.1. The van der Waals surface area contributed by atoms with Crippen LogP contribution < -0.4 is 9.47 Å². The quantitative estimate of drug-likeness (QED) is 0.449. The summed E-state index contributed by atoms with van der Waals surface area (Å²) in [4.78, 5) is 0. The first-order chi connectivity index (χ1) is 14.6. The molecule has 0 radical (unpaired) electrons. The van der Waals surface area contributed by atoms with E-state index >= 15 is 0 Å². The molecule has 30 heavy (non-hydrogen) atoms. The van der Waals surface area contributed by atoms with Crippen molar-refractivity contribution in [2.45, 2.75) is 32.5 Å². The Morgan fingerprint density at radius 1 is 1.07 bits per heavy atom. The molecule has 2 heterocycles. The number of hydrogen-bond donors (Lipinski definition) is 0. The van der Waals surface area contributed by atoms with Gasteiger partial charge in [-0.3, -0.25) is 0 Å². The number of ether oxygens (including phenoxy) is 2. The van der Waals surface area contributed by atoms with E-state index in [2.05, 4.69) is 70.3 Å². The summed E-state index contributed by atoms with van der Waals surface area (Å²) >= 11 is 3.61. The van der Waals surface area contributed by atoms with E-state index in [1.165, 1.54) is 5.56 Å². The van der Waals surface area contributed by atoms with E-state index in [4.69, 9.17) is 14.6 Å². The van der Waals surface area contributed by atoms with Crippen molar-refractivity contribution in [2.75, 3.05) is 6.61 Å². The fourth-order valence-corrected chi connectivity index (χ4v) is 4.47. The highest BCUT2D eigenvalue weighted by molar-refractivity contribution is 9.10. The lowest BCUT2D eigenvalue weighted by atomic mass is 9.96. The van der Waals surface area contributed by atoms with E-state index in [0.29, 0.717) is 6.61 Å². The Balaban J connectivity index is 1.54. The molecule has 5 rings (SSSR count). The Hall–Kier alpha value is -2.79. The highest BCUT2D eigenvalue weighted by Gasteiger charge is 2.41. The minimum absolute atomic E-state index is 0.138. The van der Waals surface area contributed by atoms with Crippen molar-refractivity contribution in [2.24, 2.45) is 5.10 Å². The Labute approximate surface area is 185 Å². The fourth-order valence-electron chi connectivity index (χ4n) is 4.09. The lowest BCUT2D eigenvalue weighted by molar-refractivity contribution is -0.0190. The van der Waals surface area contributed by atoms with E-state index < -0.39 is 0 Å². The van der Waals surface area contributed by atoms with Gasteiger partial charge in [-0.1, -0.05) is 45.8 Å². The van der Waals surface area contributed by atoms with E-state index in [1.54, 1.807) is 0 Å². The summed E-state index contributed by atoms with van der Waals surface area (Å²) in [6.07, 6.45) is 0.591. The number of rotatable bonds is 4. The van der Waals surface area contributed by atoms with Crippen molar-refractivity contribution in [1.29, 1.82) is 0 Å². The summed E-state index contributed by atoms with van der Waals surface area (Å²) in [6.45, 7) is 4.75. The van der Waals surface area contributed by atoms with Crippen molar-refractivity contribution in [3.8, 4) is 11.5 Å². The van der Waals surface area contributed by atoms with Gasteiger partial charge in [0.1, 0.15) is 11.5 Å². The molecule has 3 aromatic carbocycles. The number of hydrogen-bond acceptors (Lipinski definition) is 4. The Kier molecular flexibility index (Phi) is 4.99. The molecule has 2 aliphatic rings. The SMILES string of the molecule is CCOc1ccc(C2=NN3[C@H](C2)c2cc(Br)ccc2O[C@H]3c2ccc(C)cc2)cc1. The molecule has 152 valence electrons. The molecular formula is C25H23BrN2O2. The maximum atomic E-state index is 6.44. The molecular weight excluding hydrogens is 440 g/mol. The summed E-state index contributed by atoms with van der Waals surface area (Å²) in [7, 11) is 0. The lowest BCUT2D eigenvalue weighted by Gasteiger charge is -2.38. The molecule has 0 bridgehead atoms. The highest BCUT2D eigenvalue weighted by Crippen LogP contribution is 2.48. The van der Waals surface area contributed by atoms with Crippen LogP contribution in [-0.4, -0.2) is 17.3 Å². The standard InChI is InChI=1S/C25H23BrN2O2/c1-3-29-20-11-8-17(9-12-20)22-15-23-21-14-19(26)10-13-24(21)30-25(28(23)27-22)18-6-4-16(2)5-7-18/h4-14,23,25H,3,15H2,1-2H3/t23-,25+/m1/s1. The maximum absolute atomic E-state index is 6.44. The zero-order valence-corrected chi connectivity index (χ0v) is 18.6. The van der Waals surface area contributed by atoms with E-state index in [1.807, 2.05) is 31.2 Å². The molecule has 0 aliphatic carbocycles. The minimum atomic E-state index is -0.246. The number of nitrogens with zero attached hydrogens (tertiary/aromatic N) is 2. The normalized spacial score (nSPS) is 19.6. The predicted octanol–water partition coefficient (Wildman–Crippen LogP) is 6.40. The molecule has 5 heteroatoms. The second-order valence-corrected chi connectivity index (χ2v) is 8.58. The van der Waals surface area contributed by atoms with Crippen LogP contribution in [-0.2, 0) is 0 Å². The molecule has 0 saturated heterocycles. The van der Waals surface area contributed by atoms with Gasteiger partial charge in [0.05, 0.1) is 18.4 Å². The van der Waals surface area contributed by atoms with Gasteiger partial charge in [-0.2, -0.15) is 5.10 Å². The van der Waals surface area contributed by atoms with Gasteiger partial charge in [0.15, 0.2) is 0 Å². The average Bonchev–Trinajstić information content (AvgIpc) is 3.21. The zero-order chi connectivity index (χ0) is 20.7. The van der Waals surface area contributed by atoms with Crippen molar-refractivity contribution >= 4 is 21.6 Å². The Morgan fingerprint density at radius 3 is 2.57 bits per heavy atom. The van der Waals surface area contributed by atoms with Crippen molar-refractivity contribution < 1.29 is 9.47 Å². The van der Waals surface area contributed by atoms with Gasteiger partial charge >= 0.3 is 0 Å². The van der Waals surface area contributed by atoms with E-state index in [0.717, 1.165) is 44.8 Å². The van der Waals surface area contributed by atoms with Gasteiger partial charge in [-0.15, -0.1) is 0 Å².